The lowest BCUT2D eigenvalue weighted by Crippen LogP contribution is -2.00. The summed E-state index contributed by atoms with van der Waals surface area (Å²) in [7, 11) is -3.42. The minimum Gasteiger partial charge on any atom is -0.287 e. The first-order chi connectivity index (χ1) is 9.09. The van der Waals surface area contributed by atoms with Crippen LogP contribution in [0.25, 0.3) is 6.08 Å². The third kappa shape index (κ3) is 6.37. The predicted molar refractivity (Wildman–Crippen MR) is 77.3 cm³/mol. The first-order valence-electron chi connectivity index (χ1n) is 6.05. The molecule has 0 saturated heterocycles. The SMILES string of the molecule is CCOP(=O)(OCC)OCC=Cc1ccc(Cl)cc1. The Balaban J connectivity index is 2.47. The molecule has 106 valence electrons. The molecule has 0 fully saturated rings. The maximum atomic E-state index is 12.0. The number of benzene rings is 1. The van der Waals surface area contributed by atoms with E-state index in [-0.39, 0.29) is 19.8 Å². The zero-order valence-electron chi connectivity index (χ0n) is 11.0. The zero-order valence-corrected chi connectivity index (χ0v) is 12.7. The molecule has 1 aromatic rings. The second kappa shape index (κ2) is 8.51. The van der Waals surface area contributed by atoms with E-state index >= 15 is 0 Å². The Bertz CT molecular complexity index is 434. The second-order valence-corrected chi connectivity index (χ2v) is 5.64. The van der Waals surface area contributed by atoms with Gasteiger partial charge in [-0.2, -0.15) is 0 Å². The van der Waals surface area contributed by atoms with Crippen molar-refractivity contribution in [1.29, 1.82) is 0 Å². The molecule has 0 amide bonds. The van der Waals surface area contributed by atoms with Gasteiger partial charge in [-0.25, -0.2) is 4.57 Å². The third-order valence-corrected chi connectivity index (χ3v) is 3.95. The number of phosphoric acid groups is 1. The Labute approximate surface area is 118 Å². The van der Waals surface area contributed by atoms with E-state index < -0.39 is 7.82 Å². The van der Waals surface area contributed by atoms with Crippen LogP contribution in [0.4, 0.5) is 0 Å². The van der Waals surface area contributed by atoms with Gasteiger partial charge in [0.25, 0.3) is 0 Å². The van der Waals surface area contributed by atoms with Crippen LogP contribution in [0.3, 0.4) is 0 Å². The number of phosphoric ester groups is 1. The van der Waals surface area contributed by atoms with Gasteiger partial charge in [-0.15, -0.1) is 0 Å². The summed E-state index contributed by atoms with van der Waals surface area (Å²) in [5.41, 5.74) is 0.982. The second-order valence-electron chi connectivity index (χ2n) is 3.53. The quantitative estimate of drug-likeness (QED) is 0.661. The van der Waals surface area contributed by atoms with Crippen molar-refractivity contribution in [2.75, 3.05) is 19.8 Å². The lowest BCUT2D eigenvalue weighted by molar-refractivity contribution is 0.131. The molecule has 0 saturated carbocycles. The van der Waals surface area contributed by atoms with E-state index in [4.69, 9.17) is 25.2 Å². The van der Waals surface area contributed by atoms with Gasteiger partial charge in [0.1, 0.15) is 0 Å². The van der Waals surface area contributed by atoms with Crippen LogP contribution in [-0.2, 0) is 18.1 Å². The Morgan fingerprint density at radius 2 is 1.68 bits per heavy atom. The molecule has 0 spiro atoms. The highest BCUT2D eigenvalue weighted by molar-refractivity contribution is 7.48. The van der Waals surface area contributed by atoms with Gasteiger partial charge in [0.2, 0.25) is 0 Å². The van der Waals surface area contributed by atoms with Gasteiger partial charge in [0.15, 0.2) is 0 Å². The van der Waals surface area contributed by atoms with Gasteiger partial charge in [-0.3, -0.25) is 13.6 Å². The summed E-state index contributed by atoms with van der Waals surface area (Å²) in [6, 6.07) is 7.35. The molecule has 6 heteroatoms. The van der Waals surface area contributed by atoms with E-state index in [1.54, 1.807) is 32.1 Å². The van der Waals surface area contributed by atoms with Crippen LogP contribution in [0.1, 0.15) is 19.4 Å². The number of rotatable bonds is 8. The highest BCUT2D eigenvalue weighted by Gasteiger charge is 2.24. The molecule has 0 aliphatic heterocycles. The highest BCUT2D eigenvalue weighted by Crippen LogP contribution is 2.49. The van der Waals surface area contributed by atoms with Gasteiger partial charge < -0.3 is 0 Å². The van der Waals surface area contributed by atoms with E-state index in [0.29, 0.717) is 5.02 Å². The van der Waals surface area contributed by atoms with Crippen molar-refractivity contribution in [2.45, 2.75) is 13.8 Å². The number of hydrogen-bond donors (Lipinski definition) is 0. The fourth-order valence-corrected chi connectivity index (χ4v) is 2.57. The molecular formula is C13H18ClO4P. The Kier molecular flexibility index (Phi) is 7.36. The lowest BCUT2D eigenvalue weighted by Gasteiger charge is -2.14. The van der Waals surface area contributed by atoms with Crippen molar-refractivity contribution in [2.24, 2.45) is 0 Å². The van der Waals surface area contributed by atoms with Crippen LogP contribution in [0.2, 0.25) is 5.02 Å². The van der Waals surface area contributed by atoms with Crippen molar-refractivity contribution in [3.05, 3.63) is 40.9 Å². The van der Waals surface area contributed by atoms with Gasteiger partial charge in [0.05, 0.1) is 19.8 Å². The standard InChI is InChI=1S/C13H18ClO4P/c1-3-16-19(15,17-4-2)18-11-5-6-12-7-9-13(14)10-8-12/h5-10H,3-4,11H2,1-2H3. The topological polar surface area (TPSA) is 44.8 Å². The van der Waals surface area contributed by atoms with Crippen molar-refractivity contribution in [1.82, 2.24) is 0 Å². The van der Waals surface area contributed by atoms with Gasteiger partial charge in [-0.1, -0.05) is 35.9 Å². The van der Waals surface area contributed by atoms with Crippen LogP contribution >= 0.6 is 19.4 Å². The van der Waals surface area contributed by atoms with Crippen molar-refractivity contribution < 1.29 is 18.1 Å². The Morgan fingerprint density at radius 3 is 2.21 bits per heavy atom. The average Bonchev–Trinajstić information content (AvgIpc) is 2.37. The van der Waals surface area contributed by atoms with Crippen molar-refractivity contribution in [3.63, 3.8) is 0 Å². The molecule has 0 aliphatic rings. The predicted octanol–water partition coefficient (Wildman–Crippen LogP) is 4.55. The van der Waals surface area contributed by atoms with E-state index in [1.807, 2.05) is 18.2 Å². The van der Waals surface area contributed by atoms with E-state index in [1.165, 1.54) is 0 Å². The van der Waals surface area contributed by atoms with Crippen LogP contribution in [0, 0.1) is 0 Å². The minimum atomic E-state index is -3.42. The Hall–Kier alpha value is -0.640. The molecule has 19 heavy (non-hydrogen) atoms. The molecule has 0 heterocycles. The van der Waals surface area contributed by atoms with Crippen LogP contribution in [-0.4, -0.2) is 19.8 Å². The first kappa shape index (κ1) is 16.4. The summed E-state index contributed by atoms with van der Waals surface area (Å²) in [5, 5.41) is 0.686. The van der Waals surface area contributed by atoms with E-state index in [9.17, 15) is 4.57 Å². The fraction of sp³-hybridized carbons (Fsp3) is 0.385. The molecule has 0 N–H and O–H groups in total. The Morgan fingerprint density at radius 1 is 1.11 bits per heavy atom. The molecule has 4 nitrogen and oxygen atoms in total. The van der Waals surface area contributed by atoms with Crippen LogP contribution < -0.4 is 0 Å². The van der Waals surface area contributed by atoms with Gasteiger partial charge in [-0.05, 0) is 31.5 Å². The first-order valence-corrected chi connectivity index (χ1v) is 7.89. The molecule has 0 unspecified atom stereocenters. The minimum absolute atomic E-state index is 0.153. The summed E-state index contributed by atoms with van der Waals surface area (Å²) in [5.74, 6) is 0. The van der Waals surface area contributed by atoms with Gasteiger partial charge >= 0.3 is 7.82 Å². The maximum absolute atomic E-state index is 12.0. The third-order valence-electron chi connectivity index (χ3n) is 2.08. The summed E-state index contributed by atoms with van der Waals surface area (Å²) in [6.07, 6.45) is 3.59. The number of hydrogen-bond acceptors (Lipinski definition) is 4. The van der Waals surface area contributed by atoms with Crippen molar-refractivity contribution >= 4 is 25.5 Å². The summed E-state index contributed by atoms with van der Waals surface area (Å²) in [4.78, 5) is 0. The van der Waals surface area contributed by atoms with Crippen molar-refractivity contribution in [3.8, 4) is 0 Å². The average molecular weight is 305 g/mol. The zero-order chi connectivity index (χ0) is 14.1. The lowest BCUT2D eigenvalue weighted by atomic mass is 10.2. The maximum Gasteiger partial charge on any atom is 0.475 e. The molecule has 1 rings (SSSR count). The normalized spacial score (nSPS) is 12.2. The van der Waals surface area contributed by atoms with E-state index in [2.05, 4.69) is 0 Å². The summed E-state index contributed by atoms with van der Waals surface area (Å²) < 4.78 is 27.1. The largest absolute Gasteiger partial charge is 0.475 e. The summed E-state index contributed by atoms with van der Waals surface area (Å²) in [6.45, 7) is 4.17. The molecule has 0 aromatic heterocycles. The van der Waals surface area contributed by atoms with Gasteiger partial charge in [0, 0.05) is 5.02 Å². The molecule has 0 atom stereocenters. The van der Waals surface area contributed by atoms with Crippen LogP contribution in [0.15, 0.2) is 30.3 Å². The fourth-order valence-electron chi connectivity index (χ4n) is 1.32. The molecule has 1 aromatic carbocycles. The van der Waals surface area contributed by atoms with E-state index in [0.717, 1.165) is 5.56 Å². The smallest absolute Gasteiger partial charge is 0.287 e. The number of halogens is 1. The molecule has 0 bridgehead atoms. The highest BCUT2D eigenvalue weighted by atomic mass is 35.5. The molecular weight excluding hydrogens is 287 g/mol. The van der Waals surface area contributed by atoms with Crippen LogP contribution in [0.5, 0.6) is 0 Å². The monoisotopic (exact) mass is 304 g/mol. The molecule has 0 radical (unpaired) electrons. The summed E-state index contributed by atoms with van der Waals surface area (Å²) >= 11 is 5.78. The molecule has 0 aliphatic carbocycles.